The van der Waals surface area contributed by atoms with Crippen LogP contribution in [-0.4, -0.2) is 88.4 Å². The smallest absolute Gasteiger partial charge is 0.191 e. The van der Waals surface area contributed by atoms with Crippen LogP contribution in [0.3, 0.4) is 0 Å². The van der Waals surface area contributed by atoms with Crippen molar-refractivity contribution in [1.29, 1.82) is 0 Å². The number of nitrogens with one attached hydrogen (secondary N) is 2. The van der Waals surface area contributed by atoms with Crippen molar-refractivity contribution in [3.8, 4) is 5.75 Å². The number of ether oxygens (including phenoxy) is 2. The molecule has 2 N–H and O–H groups in total. The van der Waals surface area contributed by atoms with E-state index >= 15 is 0 Å². The molecule has 31 heavy (non-hydrogen) atoms. The zero-order valence-electron chi connectivity index (χ0n) is 19.4. The summed E-state index contributed by atoms with van der Waals surface area (Å²) in [7, 11) is 4.01. The van der Waals surface area contributed by atoms with E-state index in [1.165, 1.54) is 37.9 Å². The van der Waals surface area contributed by atoms with Gasteiger partial charge in [0.15, 0.2) is 5.96 Å². The maximum Gasteiger partial charge on any atom is 0.191 e. The second-order valence-corrected chi connectivity index (χ2v) is 8.57. The van der Waals surface area contributed by atoms with Gasteiger partial charge in [0.05, 0.1) is 0 Å². The van der Waals surface area contributed by atoms with Crippen molar-refractivity contribution >= 4 is 5.96 Å². The van der Waals surface area contributed by atoms with Crippen LogP contribution in [-0.2, 0) is 11.3 Å². The van der Waals surface area contributed by atoms with Gasteiger partial charge in [0.25, 0.3) is 0 Å². The molecule has 0 spiro atoms. The third kappa shape index (κ3) is 8.67. The summed E-state index contributed by atoms with van der Waals surface area (Å²) < 4.78 is 11.5. The number of hydrogen-bond acceptors (Lipinski definition) is 5. The van der Waals surface area contributed by atoms with Gasteiger partial charge in [-0.15, -0.1) is 0 Å². The summed E-state index contributed by atoms with van der Waals surface area (Å²) in [5, 5.41) is 6.84. The molecule has 1 aromatic carbocycles. The number of benzene rings is 1. The maximum absolute atomic E-state index is 6.02. The monoisotopic (exact) mass is 431 g/mol. The summed E-state index contributed by atoms with van der Waals surface area (Å²) in [6, 6.07) is 8.93. The van der Waals surface area contributed by atoms with Crippen molar-refractivity contribution in [3.05, 3.63) is 29.8 Å². The third-order valence-electron chi connectivity index (χ3n) is 6.28. The number of rotatable bonds is 10. The van der Waals surface area contributed by atoms with Crippen molar-refractivity contribution in [3.63, 3.8) is 0 Å². The van der Waals surface area contributed by atoms with Gasteiger partial charge in [-0.3, -0.25) is 9.89 Å². The first kappa shape index (κ1) is 23.8. The SMILES string of the molecule is CN=C(NCCN1CCCCC1)NCc1cccc(OCCN(C)C2CCOCC2)c1. The molecule has 0 bridgehead atoms. The number of hydrogen-bond donors (Lipinski definition) is 2. The lowest BCUT2D eigenvalue weighted by Crippen LogP contribution is -2.42. The predicted molar refractivity (Wildman–Crippen MR) is 127 cm³/mol. The highest BCUT2D eigenvalue weighted by Gasteiger charge is 2.18. The largest absolute Gasteiger partial charge is 0.492 e. The second kappa shape index (κ2) is 13.6. The molecule has 2 saturated heterocycles. The van der Waals surface area contributed by atoms with Gasteiger partial charge >= 0.3 is 0 Å². The Morgan fingerprint density at radius 2 is 2.00 bits per heavy atom. The fraction of sp³-hybridized carbons (Fsp3) is 0.708. The average molecular weight is 432 g/mol. The lowest BCUT2D eigenvalue weighted by Gasteiger charge is -2.31. The van der Waals surface area contributed by atoms with E-state index in [1.54, 1.807) is 0 Å². The molecule has 2 aliphatic heterocycles. The van der Waals surface area contributed by atoms with E-state index in [2.05, 4.69) is 50.7 Å². The first-order valence-electron chi connectivity index (χ1n) is 11.9. The molecule has 0 aromatic heterocycles. The molecule has 174 valence electrons. The zero-order chi connectivity index (χ0) is 21.7. The zero-order valence-corrected chi connectivity index (χ0v) is 19.4. The van der Waals surface area contributed by atoms with Gasteiger partial charge in [-0.2, -0.15) is 0 Å². The molecule has 3 rings (SSSR count). The predicted octanol–water partition coefficient (Wildman–Crippen LogP) is 2.33. The van der Waals surface area contributed by atoms with Crippen molar-refractivity contribution in [2.24, 2.45) is 4.99 Å². The summed E-state index contributed by atoms with van der Waals surface area (Å²) in [5.74, 6) is 1.77. The summed E-state index contributed by atoms with van der Waals surface area (Å²) in [5.41, 5.74) is 1.19. The molecule has 0 unspecified atom stereocenters. The van der Waals surface area contributed by atoms with Crippen LogP contribution in [0.5, 0.6) is 5.75 Å². The molecule has 7 nitrogen and oxygen atoms in total. The lowest BCUT2D eigenvalue weighted by atomic mass is 10.1. The summed E-state index contributed by atoms with van der Waals surface area (Å²) in [6.45, 7) is 8.56. The van der Waals surface area contributed by atoms with Crippen LogP contribution in [0.4, 0.5) is 0 Å². The molecule has 0 radical (unpaired) electrons. The Balaban J connectivity index is 1.34. The Kier molecular flexibility index (Phi) is 10.4. The number of likely N-dealkylation sites (N-methyl/N-ethyl adjacent to an activating group) is 1. The molecule has 0 aliphatic carbocycles. The van der Waals surface area contributed by atoms with Crippen LogP contribution < -0.4 is 15.4 Å². The van der Waals surface area contributed by atoms with E-state index < -0.39 is 0 Å². The van der Waals surface area contributed by atoms with Gasteiger partial charge in [0.1, 0.15) is 12.4 Å². The van der Waals surface area contributed by atoms with Crippen molar-refractivity contribution in [1.82, 2.24) is 20.4 Å². The molecule has 1 aromatic rings. The standard InChI is InChI=1S/C24H41N5O2/c1-25-24(26-11-14-29-12-4-3-5-13-29)27-20-21-7-6-8-23(19-21)31-18-15-28(2)22-9-16-30-17-10-22/h6-8,19,22H,3-5,9-18,20H2,1-2H3,(H2,25,26,27). The second-order valence-electron chi connectivity index (χ2n) is 8.57. The van der Waals surface area contributed by atoms with Gasteiger partial charge < -0.3 is 25.0 Å². The minimum atomic E-state index is 0.613. The van der Waals surface area contributed by atoms with E-state index in [0.717, 1.165) is 63.9 Å². The van der Waals surface area contributed by atoms with Gasteiger partial charge in [0.2, 0.25) is 0 Å². The van der Waals surface area contributed by atoms with Gasteiger partial charge in [-0.1, -0.05) is 18.6 Å². The van der Waals surface area contributed by atoms with Crippen LogP contribution in [0.1, 0.15) is 37.7 Å². The average Bonchev–Trinajstić information content (AvgIpc) is 2.82. The van der Waals surface area contributed by atoms with E-state index in [1.807, 2.05) is 13.1 Å². The van der Waals surface area contributed by atoms with Crippen molar-refractivity contribution in [2.75, 3.05) is 66.6 Å². The summed E-state index contributed by atoms with van der Waals surface area (Å²) in [6.07, 6.45) is 6.27. The molecule has 2 fully saturated rings. The first-order chi connectivity index (χ1) is 15.2. The fourth-order valence-corrected chi connectivity index (χ4v) is 4.28. The quantitative estimate of drug-likeness (QED) is 0.438. The van der Waals surface area contributed by atoms with E-state index in [0.29, 0.717) is 12.6 Å². The number of likely N-dealkylation sites (tertiary alicyclic amines) is 1. The third-order valence-corrected chi connectivity index (χ3v) is 6.28. The fourth-order valence-electron chi connectivity index (χ4n) is 4.28. The molecule has 2 heterocycles. The highest BCUT2D eigenvalue weighted by Crippen LogP contribution is 2.15. The van der Waals surface area contributed by atoms with Crippen LogP contribution in [0.2, 0.25) is 0 Å². The van der Waals surface area contributed by atoms with E-state index in [-0.39, 0.29) is 0 Å². The maximum atomic E-state index is 6.02. The summed E-state index contributed by atoms with van der Waals surface area (Å²) in [4.78, 5) is 9.28. The van der Waals surface area contributed by atoms with E-state index in [9.17, 15) is 0 Å². The van der Waals surface area contributed by atoms with Gasteiger partial charge in [0, 0.05) is 52.5 Å². The number of piperidine rings is 1. The van der Waals surface area contributed by atoms with Crippen molar-refractivity contribution in [2.45, 2.75) is 44.7 Å². The number of guanidine groups is 1. The Bertz CT molecular complexity index is 657. The van der Waals surface area contributed by atoms with Crippen LogP contribution in [0.25, 0.3) is 0 Å². The lowest BCUT2D eigenvalue weighted by molar-refractivity contribution is 0.0392. The van der Waals surface area contributed by atoms with Crippen LogP contribution in [0, 0.1) is 0 Å². The normalized spacial score (nSPS) is 18.9. The first-order valence-corrected chi connectivity index (χ1v) is 11.9. The van der Waals surface area contributed by atoms with Gasteiger partial charge in [-0.05, 0) is 63.5 Å². The Labute approximate surface area is 188 Å². The Morgan fingerprint density at radius 1 is 1.19 bits per heavy atom. The molecule has 2 aliphatic rings. The number of aliphatic imine (C=N–C) groups is 1. The molecule has 7 heteroatoms. The minimum Gasteiger partial charge on any atom is -0.492 e. The molecule has 0 amide bonds. The highest BCUT2D eigenvalue weighted by molar-refractivity contribution is 5.79. The van der Waals surface area contributed by atoms with Crippen molar-refractivity contribution < 1.29 is 9.47 Å². The van der Waals surface area contributed by atoms with Gasteiger partial charge in [-0.25, -0.2) is 0 Å². The molecule has 0 atom stereocenters. The van der Waals surface area contributed by atoms with Crippen LogP contribution in [0.15, 0.2) is 29.3 Å². The topological polar surface area (TPSA) is 61.4 Å². The molecular weight excluding hydrogens is 390 g/mol. The summed E-state index contributed by atoms with van der Waals surface area (Å²) >= 11 is 0. The molecule has 0 saturated carbocycles. The Hall–Kier alpha value is -1.83. The minimum absolute atomic E-state index is 0.613. The number of nitrogens with zero attached hydrogens (tertiary/aromatic N) is 3. The van der Waals surface area contributed by atoms with E-state index in [4.69, 9.17) is 9.47 Å². The van der Waals surface area contributed by atoms with Crippen LogP contribution >= 0.6 is 0 Å². The highest BCUT2D eigenvalue weighted by atomic mass is 16.5. The molecular formula is C24H41N5O2. The Morgan fingerprint density at radius 3 is 2.77 bits per heavy atom.